The van der Waals surface area contributed by atoms with Crippen LogP contribution in [0.25, 0.3) is 10.9 Å². The molecular weight excluding hydrogens is 332 g/mol. The first-order valence-electron chi connectivity index (χ1n) is 8.57. The van der Waals surface area contributed by atoms with E-state index in [0.29, 0.717) is 6.54 Å². The van der Waals surface area contributed by atoms with E-state index in [1.54, 1.807) is 4.90 Å². The molecule has 0 aliphatic carbocycles. The molecule has 4 rings (SSSR count). The smallest absolute Gasteiger partial charge is 0.356 e. The van der Waals surface area contributed by atoms with E-state index in [0.717, 1.165) is 42.1 Å². The monoisotopic (exact) mass is 350 g/mol. The molecule has 2 N–H and O–H groups in total. The summed E-state index contributed by atoms with van der Waals surface area (Å²) in [6.07, 6.45) is 5.22. The number of amides is 1. The van der Waals surface area contributed by atoms with E-state index in [9.17, 15) is 9.59 Å². The van der Waals surface area contributed by atoms with Crippen molar-refractivity contribution in [1.82, 2.24) is 19.9 Å². The molecule has 1 amide bonds. The Morgan fingerprint density at radius 1 is 1.12 bits per heavy atom. The van der Waals surface area contributed by atoms with Gasteiger partial charge in [-0.25, -0.2) is 14.8 Å². The van der Waals surface area contributed by atoms with Gasteiger partial charge in [0.15, 0.2) is 5.69 Å². The molecule has 0 bridgehead atoms. The van der Waals surface area contributed by atoms with Crippen LogP contribution in [0.3, 0.4) is 0 Å². The van der Waals surface area contributed by atoms with Gasteiger partial charge in [0.05, 0.1) is 18.4 Å². The summed E-state index contributed by atoms with van der Waals surface area (Å²) in [4.78, 5) is 36.9. The highest BCUT2D eigenvalue weighted by molar-refractivity contribution is 5.93. The standard InChI is InChI=1S/C19H18N4O3/c24-18(15-10-21-16(11-20-15)19(25)26)23-8-4-3-7-17(23)14-9-12-5-1-2-6-13(12)22-14/h1-2,5-6,9-11,17,22H,3-4,7-8H2,(H,25,26). The van der Waals surface area contributed by atoms with Crippen molar-refractivity contribution >= 4 is 22.8 Å². The first-order valence-corrected chi connectivity index (χ1v) is 8.57. The number of piperidine rings is 1. The number of nitrogens with zero attached hydrogens (tertiary/aromatic N) is 3. The van der Waals surface area contributed by atoms with Crippen molar-refractivity contribution in [3.63, 3.8) is 0 Å². The number of carbonyl (C=O) groups is 2. The van der Waals surface area contributed by atoms with Gasteiger partial charge in [0.25, 0.3) is 5.91 Å². The fraction of sp³-hybridized carbons (Fsp3) is 0.263. The van der Waals surface area contributed by atoms with Crippen molar-refractivity contribution in [1.29, 1.82) is 0 Å². The number of aromatic nitrogens is 3. The zero-order valence-electron chi connectivity index (χ0n) is 14.1. The maximum absolute atomic E-state index is 12.9. The molecule has 1 fully saturated rings. The Balaban J connectivity index is 1.64. The highest BCUT2D eigenvalue weighted by Crippen LogP contribution is 2.33. The van der Waals surface area contributed by atoms with Crippen LogP contribution in [0.15, 0.2) is 42.7 Å². The molecule has 132 valence electrons. The molecule has 26 heavy (non-hydrogen) atoms. The average molecular weight is 350 g/mol. The van der Waals surface area contributed by atoms with Gasteiger partial charge in [-0.15, -0.1) is 0 Å². The number of fused-ring (bicyclic) bond motifs is 1. The van der Waals surface area contributed by atoms with Gasteiger partial charge in [-0.1, -0.05) is 18.2 Å². The maximum Gasteiger partial charge on any atom is 0.356 e. The second kappa shape index (κ2) is 6.59. The van der Waals surface area contributed by atoms with Crippen LogP contribution in [0.2, 0.25) is 0 Å². The first kappa shape index (κ1) is 16.3. The molecule has 1 saturated heterocycles. The lowest BCUT2D eigenvalue weighted by molar-refractivity contribution is 0.0597. The summed E-state index contributed by atoms with van der Waals surface area (Å²) in [5, 5.41) is 10.0. The lowest BCUT2D eigenvalue weighted by Crippen LogP contribution is -2.39. The van der Waals surface area contributed by atoms with Crippen LogP contribution < -0.4 is 0 Å². The number of hydrogen-bond donors (Lipinski definition) is 2. The van der Waals surface area contributed by atoms with Crippen LogP contribution in [0.5, 0.6) is 0 Å². The number of carbonyl (C=O) groups excluding carboxylic acids is 1. The zero-order valence-corrected chi connectivity index (χ0v) is 14.1. The van der Waals surface area contributed by atoms with Crippen LogP contribution >= 0.6 is 0 Å². The molecule has 2 aromatic heterocycles. The second-order valence-electron chi connectivity index (χ2n) is 6.41. The predicted molar refractivity (Wildman–Crippen MR) is 94.9 cm³/mol. The third-order valence-electron chi connectivity index (χ3n) is 4.76. The molecule has 1 unspecified atom stereocenters. The number of benzene rings is 1. The van der Waals surface area contributed by atoms with Gasteiger partial charge in [-0.2, -0.15) is 0 Å². The van der Waals surface area contributed by atoms with E-state index < -0.39 is 5.97 Å². The van der Waals surface area contributed by atoms with Crippen molar-refractivity contribution in [2.24, 2.45) is 0 Å². The van der Waals surface area contributed by atoms with Crippen molar-refractivity contribution in [2.75, 3.05) is 6.54 Å². The molecule has 1 aromatic carbocycles. The second-order valence-corrected chi connectivity index (χ2v) is 6.41. The van der Waals surface area contributed by atoms with Crippen LogP contribution in [0, 0.1) is 0 Å². The van der Waals surface area contributed by atoms with E-state index in [1.165, 1.54) is 6.20 Å². The summed E-state index contributed by atoms with van der Waals surface area (Å²) >= 11 is 0. The topological polar surface area (TPSA) is 99.2 Å². The highest BCUT2D eigenvalue weighted by Gasteiger charge is 2.30. The number of nitrogens with one attached hydrogen (secondary N) is 1. The van der Waals surface area contributed by atoms with Crippen molar-refractivity contribution in [3.05, 3.63) is 59.8 Å². The Bertz CT molecular complexity index is 931. The van der Waals surface area contributed by atoms with Crippen LogP contribution in [-0.4, -0.2) is 43.4 Å². The Morgan fingerprint density at radius 2 is 1.88 bits per heavy atom. The van der Waals surface area contributed by atoms with Gasteiger partial charge in [-0.3, -0.25) is 4.79 Å². The van der Waals surface area contributed by atoms with Crippen LogP contribution in [0.1, 0.15) is 52.0 Å². The molecule has 0 saturated carbocycles. The van der Waals surface area contributed by atoms with Crippen molar-refractivity contribution < 1.29 is 14.7 Å². The third kappa shape index (κ3) is 2.92. The van der Waals surface area contributed by atoms with Gasteiger partial charge in [0.2, 0.25) is 0 Å². The van der Waals surface area contributed by atoms with E-state index in [2.05, 4.69) is 21.0 Å². The van der Waals surface area contributed by atoms with Crippen molar-refractivity contribution in [2.45, 2.75) is 25.3 Å². The minimum Gasteiger partial charge on any atom is -0.476 e. The molecule has 1 aliphatic heterocycles. The van der Waals surface area contributed by atoms with Crippen LogP contribution in [0.4, 0.5) is 0 Å². The SMILES string of the molecule is O=C(O)c1cnc(C(=O)N2CCCCC2c2cc3ccccc3[nH]2)cn1. The lowest BCUT2D eigenvalue weighted by atomic mass is 9.99. The maximum atomic E-state index is 12.9. The summed E-state index contributed by atoms with van der Waals surface area (Å²) in [6, 6.07) is 10.1. The van der Waals surface area contributed by atoms with Gasteiger partial charge < -0.3 is 15.0 Å². The van der Waals surface area contributed by atoms with Crippen molar-refractivity contribution in [3.8, 4) is 0 Å². The summed E-state index contributed by atoms with van der Waals surface area (Å²) in [5.74, 6) is -1.39. The van der Waals surface area contributed by atoms with E-state index in [4.69, 9.17) is 5.11 Å². The molecule has 7 nitrogen and oxygen atoms in total. The molecule has 1 atom stereocenters. The van der Waals surface area contributed by atoms with E-state index in [1.807, 2.05) is 24.3 Å². The number of rotatable bonds is 3. The van der Waals surface area contributed by atoms with E-state index in [-0.39, 0.29) is 23.3 Å². The number of para-hydroxylation sites is 1. The Kier molecular flexibility index (Phi) is 4.12. The molecule has 3 aromatic rings. The molecule has 0 radical (unpaired) electrons. The largest absolute Gasteiger partial charge is 0.476 e. The molecule has 0 spiro atoms. The van der Waals surface area contributed by atoms with Gasteiger partial charge >= 0.3 is 5.97 Å². The normalized spacial score (nSPS) is 17.4. The number of aromatic carboxylic acids is 1. The summed E-state index contributed by atoms with van der Waals surface area (Å²) < 4.78 is 0. The van der Waals surface area contributed by atoms with Crippen LogP contribution in [-0.2, 0) is 0 Å². The first-order chi connectivity index (χ1) is 12.6. The average Bonchev–Trinajstić information content (AvgIpc) is 3.11. The number of H-pyrrole nitrogens is 1. The molecule has 1 aliphatic rings. The molecule has 3 heterocycles. The quantitative estimate of drug-likeness (QED) is 0.756. The Morgan fingerprint density at radius 3 is 2.62 bits per heavy atom. The zero-order chi connectivity index (χ0) is 18.1. The predicted octanol–water partition coefficient (Wildman–Crippen LogP) is 3.02. The molecular formula is C19H18N4O3. The number of aromatic amines is 1. The Labute approximate surface area is 149 Å². The fourth-order valence-electron chi connectivity index (χ4n) is 3.47. The summed E-state index contributed by atoms with van der Waals surface area (Å²) in [5.41, 5.74) is 2.05. The number of carboxylic acids is 1. The Hall–Kier alpha value is -3.22. The number of hydrogen-bond acceptors (Lipinski definition) is 4. The minimum atomic E-state index is -1.16. The number of likely N-dealkylation sites (tertiary alicyclic amines) is 1. The number of carboxylic acid groups (broad SMARTS) is 1. The van der Waals surface area contributed by atoms with Gasteiger partial charge in [-0.05, 0) is 36.8 Å². The van der Waals surface area contributed by atoms with Gasteiger partial charge in [0.1, 0.15) is 5.69 Å². The van der Waals surface area contributed by atoms with E-state index >= 15 is 0 Å². The highest BCUT2D eigenvalue weighted by atomic mass is 16.4. The summed E-state index contributed by atoms with van der Waals surface area (Å²) in [7, 11) is 0. The lowest BCUT2D eigenvalue weighted by Gasteiger charge is -2.35. The third-order valence-corrected chi connectivity index (χ3v) is 4.76. The molecule has 7 heteroatoms. The summed E-state index contributed by atoms with van der Waals surface area (Å²) in [6.45, 7) is 0.640. The fourth-order valence-corrected chi connectivity index (χ4v) is 3.47. The minimum absolute atomic E-state index is 0.0513. The van der Waals surface area contributed by atoms with Gasteiger partial charge in [0, 0.05) is 17.8 Å².